The lowest BCUT2D eigenvalue weighted by atomic mass is 10.1. The molecule has 2 rings (SSSR count). The zero-order valence-corrected chi connectivity index (χ0v) is 12.8. The molecule has 2 unspecified atom stereocenters. The van der Waals surface area contributed by atoms with Crippen molar-refractivity contribution in [3.8, 4) is 0 Å². The first-order valence-corrected chi connectivity index (χ1v) is 7.07. The molecule has 4 heteroatoms. The summed E-state index contributed by atoms with van der Waals surface area (Å²) in [5.41, 5.74) is 1.85. The first-order chi connectivity index (χ1) is 9.51. The van der Waals surface area contributed by atoms with Crippen molar-refractivity contribution >= 4 is 5.97 Å². The molecule has 2 atom stereocenters. The molecule has 0 aromatic heterocycles. The number of nitrogens with zero attached hydrogens (tertiary/aromatic N) is 2. The lowest BCUT2D eigenvalue weighted by molar-refractivity contribution is 0.0600. The third-order valence-corrected chi connectivity index (χ3v) is 4.09. The number of likely N-dealkylation sites (N-methyl/N-ethyl adjacent to an activating group) is 1. The summed E-state index contributed by atoms with van der Waals surface area (Å²) in [6.45, 7) is 5.48. The van der Waals surface area contributed by atoms with E-state index in [4.69, 9.17) is 4.74 Å². The zero-order valence-electron chi connectivity index (χ0n) is 12.8. The average molecular weight is 276 g/mol. The first kappa shape index (κ1) is 15.0. The Hall–Kier alpha value is -1.39. The predicted octanol–water partition coefficient (Wildman–Crippen LogP) is 1.86. The summed E-state index contributed by atoms with van der Waals surface area (Å²) in [6, 6.07) is 8.33. The fraction of sp³-hybridized carbons (Fsp3) is 0.562. The van der Waals surface area contributed by atoms with Gasteiger partial charge in [0.1, 0.15) is 0 Å². The van der Waals surface area contributed by atoms with Crippen molar-refractivity contribution in [2.45, 2.75) is 19.5 Å². The van der Waals surface area contributed by atoms with Gasteiger partial charge in [-0.05, 0) is 37.7 Å². The molecule has 0 aliphatic carbocycles. The maximum atomic E-state index is 11.4. The fourth-order valence-electron chi connectivity index (χ4n) is 2.97. The SMILES string of the molecule is COC(=O)c1ccc(CN2CC(C)C(N(C)C)C2)cc1. The Labute approximate surface area is 121 Å². The normalized spacial score (nSPS) is 23.2. The second-order valence-corrected chi connectivity index (χ2v) is 5.89. The molecule has 0 saturated carbocycles. The Morgan fingerprint density at radius 2 is 1.95 bits per heavy atom. The molecule has 1 fully saturated rings. The standard InChI is InChI=1S/C16H24N2O2/c1-12-9-18(11-15(12)17(2)3)10-13-5-7-14(8-6-13)16(19)20-4/h5-8,12,15H,9-11H2,1-4H3. The highest BCUT2D eigenvalue weighted by molar-refractivity contribution is 5.89. The van der Waals surface area contributed by atoms with E-state index in [-0.39, 0.29) is 5.97 Å². The van der Waals surface area contributed by atoms with Gasteiger partial charge in [0.15, 0.2) is 0 Å². The average Bonchev–Trinajstić information content (AvgIpc) is 2.79. The van der Waals surface area contributed by atoms with E-state index in [2.05, 4.69) is 30.8 Å². The highest BCUT2D eigenvalue weighted by Gasteiger charge is 2.30. The molecule has 0 bridgehead atoms. The third-order valence-electron chi connectivity index (χ3n) is 4.09. The summed E-state index contributed by atoms with van der Waals surface area (Å²) in [5.74, 6) is 0.415. The molecule has 4 nitrogen and oxygen atoms in total. The number of hydrogen-bond donors (Lipinski definition) is 0. The van der Waals surface area contributed by atoms with Crippen molar-refractivity contribution in [1.29, 1.82) is 0 Å². The van der Waals surface area contributed by atoms with Crippen LogP contribution in [0.25, 0.3) is 0 Å². The van der Waals surface area contributed by atoms with Crippen LogP contribution >= 0.6 is 0 Å². The van der Waals surface area contributed by atoms with Gasteiger partial charge in [-0.1, -0.05) is 19.1 Å². The molecule has 0 N–H and O–H groups in total. The highest BCUT2D eigenvalue weighted by Crippen LogP contribution is 2.22. The van der Waals surface area contributed by atoms with Gasteiger partial charge in [0.25, 0.3) is 0 Å². The van der Waals surface area contributed by atoms with Gasteiger partial charge in [0.2, 0.25) is 0 Å². The molecule has 1 saturated heterocycles. The van der Waals surface area contributed by atoms with Crippen molar-refractivity contribution in [2.75, 3.05) is 34.3 Å². The molecule has 0 spiro atoms. The van der Waals surface area contributed by atoms with E-state index in [0.29, 0.717) is 17.5 Å². The van der Waals surface area contributed by atoms with Crippen molar-refractivity contribution < 1.29 is 9.53 Å². The maximum absolute atomic E-state index is 11.4. The number of likely N-dealkylation sites (tertiary alicyclic amines) is 1. The molecule has 110 valence electrons. The fourth-order valence-corrected chi connectivity index (χ4v) is 2.97. The van der Waals surface area contributed by atoms with Crippen LogP contribution in [0.15, 0.2) is 24.3 Å². The van der Waals surface area contributed by atoms with E-state index in [1.54, 1.807) is 0 Å². The van der Waals surface area contributed by atoms with E-state index in [9.17, 15) is 4.79 Å². The van der Waals surface area contributed by atoms with Crippen LogP contribution in [0.2, 0.25) is 0 Å². The molecular weight excluding hydrogens is 252 g/mol. The molecule has 1 heterocycles. The predicted molar refractivity (Wildman–Crippen MR) is 79.7 cm³/mol. The van der Waals surface area contributed by atoms with Gasteiger partial charge in [-0.3, -0.25) is 4.90 Å². The van der Waals surface area contributed by atoms with Gasteiger partial charge in [-0.25, -0.2) is 4.79 Å². The van der Waals surface area contributed by atoms with Crippen LogP contribution in [0.4, 0.5) is 0 Å². The number of ether oxygens (including phenoxy) is 1. The van der Waals surface area contributed by atoms with Gasteiger partial charge in [-0.2, -0.15) is 0 Å². The van der Waals surface area contributed by atoms with E-state index >= 15 is 0 Å². The van der Waals surface area contributed by atoms with Crippen molar-refractivity contribution in [2.24, 2.45) is 5.92 Å². The lowest BCUT2D eigenvalue weighted by Crippen LogP contribution is -2.34. The first-order valence-electron chi connectivity index (χ1n) is 7.07. The molecular formula is C16H24N2O2. The summed E-state index contributed by atoms with van der Waals surface area (Å²) < 4.78 is 4.71. The van der Waals surface area contributed by atoms with Crippen LogP contribution in [0.5, 0.6) is 0 Å². The summed E-state index contributed by atoms with van der Waals surface area (Å²) in [4.78, 5) is 16.2. The Bertz CT molecular complexity index is 456. The van der Waals surface area contributed by atoms with Crippen LogP contribution < -0.4 is 0 Å². The van der Waals surface area contributed by atoms with E-state index in [1.807, 2.05) is 24.3 Å². The minimum absolute atomic E-state index is 0.279. The van der Waals surface area contributed by atoms with Crippen LogP contribution in [0.3, 0.4) is 0 Å². The van der Waals surface area contributed by atoms with Gasteiger partial charge >= 0.3 is 5.97 Å². The van der Waals surface area contributed by atoms with E-state index in [0.717, 1.165) is 19.6 Å². The van der Waals surface area contributed by atoms with Gasteiger partial charge in [0.05, 0.1) is 12.7 Å². The second kappa shape index (κ2) is 6.37. The molecule has 1 aliphatic heterocycles. The Balaban J connectivity index is 1.96. The number of methoxy groups -OCH3 is 1. The second-order valence-electron chi connectivity index (χ2n) is 5.89. The molecule has 20 heavy (non-hydrogen) atoms. The summed E-state index contributed by atoms with van der Waals surface area (Å²) >= 11 is 0. The minimum atomic E-state index is -0.279. The van der Waals surface area contributed by atoms with Gasteiger partial charge in [-0.15, -0.1) is 0 Å². The Morgan fingerprint density at radius 3 is 2.45 bits per heavy atom. The molecule has 1 aliphatic rings. The van der Waals surface area contributed by atoms with Crippen LogP contribution in [0, 0.1) is 5.92 Å². The van der Waals surface area contributed by atoms with Crippen LogP contribution in [-0.4, -0.2) is 56.1 Å². The number of esters is 1. The van der Waals surface area contributed by atoms with Crippen molar-refractivity contribution in [3.05, 3.63) is 35.4 Å². The van der Waals surface area contributed by atoms with Crippen LogP contribution in [-0.2, 0) is 11.3 Å². The monoisotopic (exact) mass is 276 g/mol. The molecule has 0 amide bonds. The topological polar surface area (TPSA) is 32.8 Å². The quantitative estimate of drug-likeness (QED) is 0.786. The van der Waals surface area contributed by atoms with Gasteiger partial charge in [0, 0.05) is 25.7 Å². The Kier molecular flexibility index (Phi) is 4.78. The maximum Gasteiger partial charge on any atom is 0.337 e. The van der Waals surface area contributed by atoms with Crippen molar-refractivity contribution in [1.82, 2.24) is 9.80 Å². The third kappa shape index (κ3) is 3.38. The number of hydrogen-bond acceptors (Lipinski definition) is 4. The number of rotatable bonds is 4. The number of carbonyl (C=O) groups excluding carboxylic acids is 1. The largest absolute Gasteiger partial charge is 0.465 e. The summed E-state index contributed by atoms with van der Waals surface area (Å²) in [6.07, 6.45) is 0. The molecule has 1 aromatic rings. The molecule has 1 aromatic carbocycles. The smallest absolute Gasteiger partial charge is 0.337 e. The summed E-state index contributed by atoms with van der Waals surface area (Å²) in [5, 5.41) is 0. The zero-order chi connectivity index (χ0) is 14.7. The minimum Gasteiger partial charge on any atom is -0.465 e. The molecule has 0 radical (unpaired) electrons. The van der Waals surface area contributed by atoms with Crippen LogP contribution in [0.1, 0.15) is 22.8 Å². The van der Waals surface area contributed by atoms with E-state index in [1.165, 1.54) is 12.7 Å². The van der Waals surface area contributed by atoms with Crippen molar-refractivity contribution in [3.63, 3.8) is 0 Å². The van der Waals surface area contributed by atoms with E-state index < -0.39 is 0 Å². The number of benzene rings is 1. The Morgan fingerprint density at radius 1 is 1.30 bits per heavy atom. The highest BCUT2D eigenvalue weighted by atomic mass is 16.5. The number of carbonyl (C=O) groups is 1. The van der Waals surface area contributed by atoms with Gasteiger partial charge < -0.3 is 9.64 Å². The lowest BCUT2D eigenvalue weighted by Gasteiger charge is -2.22. The summed E-state index contributed by atoms with van der Waals surface area (Å²) in [7, 11) is 5.70.